The lowest BCUT2D eigenvalue weighted by Crippen LogP contribution is -2.08. The van der Waals surface area contributed by atoms with Crippen molar-refractivity contribution in [2.75, 3.05) is 0 Å². The first-order valence-corrected chi connectivity index (χ1v) is 5.91. The molecule has 0 unspecified atom stereocenters. The Morgan fingerprint density at radius 2 is 2.00 bits per heavy atom. The van der Waals surface area contributed by atoms with Crippen molar-refractivity contribution < 1.29 is 9.90 Å². The van der Waals surface area contributed by atoms with E-state index < -0.39 is 5.97 Å². The van der Waals surface area contributed by atoms with Crippen molar-refractivity contribution in [2.45, 2.75) is 27.3 Å². The van der Waals surface area contributed by atoms with Crippen molar-refractivity contribution in [2.24, 2.45) is 0 Å². The van der Waals surface area contributed by atoms with E-state index in [0.717, 1.165) is 5.56 Å². The van der Waals surface area contributed by atoms with E-state index in [0.29, 0.717) is 12.2 Å². The summed E-state index contributed by atoms with van der Waals surface area (Å²) in [6, 6.07) is 7.64. The Morgan fingerprint density at radius 3 is 2.50 bits per heavy atom. The fourth-order valence-electron chi connectivity index (χ4n) is 1.87. The molecule has 1 N–H and O–H groups in total. The van der Waals surface area contributed by atoms with Gasteiger partial charge in [0, 0.05) is 12.1 Å². The highest BCUT2D eigenvalue weighted by atomic mass is 16.4. The largest absolute Gasteiger partial charge is 0.477 e. The van der Waals surface area contributed by atoms with Gasteiger partial charge in [0.1, 0.15) is 5.69 Å². The van der Waals surface area contributed by atoms with Crippen LogP contribution in [0, 0.1) is 13.8 Å². The zero-order valence-corrected chi connectivity index (χ0v) is 10.8. The Bertz CT molecular complexity index is 600. The highest BCUT2D eigenvalue weighted by molar-refractivity contribution is 5.87. The van der Waals surface area contributed by atoms with Crippen molar-refractivity contribution in [3.05, 3.63) is 41.1 Å². The standard InChI is InChI=1S/C14H16N2O2/c1-4-16-13(14(17)18)8-12(15-16)11-6-5-9(2)10(3)7-11/h5-8H,4H2,1-3H3,(H,17,18). The van der Waals surface area contributed by atoms with Gasteiger partial charge in [0.15, 0.2) is 0 Å². The number of benzene rings is 1. The second-order valence-corrected chi connectivity index (χ2v) is 4.33. The van der Waals surface area contributed by atoms with Crippen molar-refractivity contribution in [1.82, 2.24) is 9.78 Å². The predicted octanol–water partition coefficient (Wildman–Crippen LogP) is 2.89. The normalized spacial score (nSPS) is 10.6. The molecule has 4 heteroatoms. The molecule has 4 nitrogen and oxygen atoms in total. The number of aromatic nitrogens is 2. The van der Waals surface area contributed by atoms with Crippen molar-refractivity contribution in [3.8, 4) is 11.3 Å². The fourth-order valence-corrected chi connectivity index (χ4v) is 1.87. The van der Waals surface area contributed by atoms with E-state index in [1.54, 1.807) is 6.07 Å². The molecule has 0 radical (unpaired) electrons. The van der Waals surface area contributed by atoms with Crippen LogP contribution in [0.5, 0.6) is 0 Å². The average Bonchev–Trinajstić information content (AvgIpc) is 2.77. The lowest BCUT2D eigenvalue weighted by molar-refractivity contribution is 0.0683. The molecule has 0 saturated heterocycles. The third-order valence-electron chi connectivity index (χ3n) is 3.10. The van der Waals surface area contributed by atoms with Crippen LogP contribution in [0.25, 0.3) is 11.3 Å². The predicted molar refractivity (Wildman–Crippen MR) is 69.8 cm³/mol. The number of rotatable bonds is 3. The zero-order valence-electron chi connectivity index (χ0n) is 10.8. The summed E-state index contributed by atoms with van der Waals surface area (Å²) >= 11 is 0. The molecule has 1 heterocycles. The molecule has 2 rings (SSSR count). The van der Waals surface area contributed by atoms with E-state index in [-0.39, 0.29) is 5.69 Å². The van der Waals surface area contributed by atoms with Crippen LogP contribution in [0.15, 0.2) is 24.3 Å². The Hall–Kier alpha value is -2.10. The Labute approximate surface area is 106 Å². The van der Waals surface area contributed by atoms with E-state index >= 15 is 0 Å². The van der Waals surface area contributed by atoms with Gasteiger partial charge in [-0.1, -0.05) is 12.1 Å². The molecule has 0 bridgehead atoms. The van der Waals surface area contributed by atoms with Crippen LogP contribution >= 0.6 is 0 Å². The van der Waals surface area contributed by atoms with E-state index in [1.807, 2.05) is 39.0 Å². The SMILES string of the molecule is CCn1nc(-c2ccc(C)c(C)c2)cc1C(=O)O. The summed E-state index contributed by atoms with van der Waals surface area (Å²) in [5.41, 5.74) is 4.28. The van der Waals surface area contributed by atoms with Gasteiger partial charge < -0.3 is 5.11 Å². The number of aromatic carboxylic acids is 1. The van der Waals surface area contributed by atoms with Gasteiger partial charge >= 0.3 is 5.97 Å². The molecule has 0 spiro atoms. The average molecular weight is 244 g/mol. The maximum absolute atomic E-state index is 11.1. The summed E-state index contributed by atoms with van der Waals surface area (Å²) in [5, 5.41) is 13.4. The number of nitrogens with zero attached hydrogens (tertiary/aromatic N) is 2. The first kappa shape index (κ1) is 12.4. The molecule has 94 valence electrons. The lowest BCUT2D eigenvalue weighted by Gasteiger charge is -2.02. The smallest absolute Gasteiger partial charge is 0.354 e. The fraction of sp³-hybridized carbons (Fsp3) is 0.286. The van der Waals surface area contributed by atoms with Gasteiger partial charge in [0.2, 0.25) is 0 Å². The highest BCUT2D eigenvalue weighted by Crippen LogP contribution is 2.22. The third kappa shape index (κ3) is 2.14. The van der Waals surface area contributed by atoms with Gasteiger partial charge in [-0.25, -0.2) is 4.79 Å². The molecular formula is C14H16N2O2. The van der Waals surface area contributed by atoms with Crippen molar-refractivity contribution in [3.63, 3.8) is 0 Å². The maximum atomic E-state index is 11.1. The minimum absolute atomic E-state index is 0.228. The Morgan fingerprint density at radius 1 is 1.28 bits per heavy atom. The molecular weight excluding hydrogens is 228 g/mol. The summed E-state index contributed by atoms with van der Waals surface area (Å²) < 4.78 is 1.51. The van der Waals surface area contributed by atoms with Crippen LogP contribution < -0.4 is 0 Å². The van der Waals surface area contributed by atoms with E-state index in [4.69, 9.17) is 5.11 Å². The number of carboxylic acid groups (broad SMARTS) is 1. The first-order valence-electron chi connectivity index (χ1n) is 5.91. The summed E-state index contributed by atoms with van der Waals surface area (Å²) in [7, 11) is 0. The quantitative estimate of drug-likeness (QED) is 0.903. The number of carboxylic acids is 1. The van der Waals surface area contributed by atoms with Crippen LogP contribution in [-0.2, 0) is 6.54 Å². The molecule has 18 heavy (non-hydrogen) atoms. The second-order valence-electron chi connectivity index (χ2n) is 4.33. The van der Waals surface area contributed by atoms with E-state index in [9.17, 15) is 4.79 Å². The van der Waals surface area contributed by atoms with Crippen LogP contribution in [0.2, 0.25) is 0 Å². The van der Waals surface area contributed by atoms with E-state index in [1.165, 1.54) is 15.8 Å². The minimum Gasteiger partial charge on any atom is -0.477 e. The van der Waals surface area contributed by atoms with Crippen molar-refractivity contribution in [1.29, 1.82) is 0 Å². The van der Waals surface area contributed by atoms with Crippen molar-refractivity contribution >= 4 is 5.97 Å². The molecule has 0 aliphatic carbocycles. The molecule has 0 aliphatic heterocycles. The van der Waals surface area contributed by atoms with Gasteiger partial charge in [-0.15, -0.1) is 0 Å². The molecule has 1 aromatic heterocycles. The minimum atomic E-state index is -0.945. The first-order chi connectivity index (χ1) is 8.52. The number of hydrogen-bond acceptors (Lipinski definition) is 2. The number of aryl methyl sites for hydroxylation is 3. The summed E-state index contributed by atoms with van der Waals surface area (Å²) in [5.74, 6) is -0.945. The summed E-state index contributed by atoms with van der Waals surface area (Å²) in [6.07, 6.45) is 0. The van der Waals surface area contributed by atoms with Crippen LogP contribution in [0.3, 0.4) is 0 Å². The topological polar surface area (TPSA) is 55.1 Å². The van der Waals surface area contributed by atoms with Gasteiger partial charge in [-0.3, -0.25) is 4.68 Å². The maximum Gasteiger partial charge on any atom is 0.354 e. The van der Waals surface area contributed by atoms with Gasteiger partial charge in [0.25, 0.3) is 0 Å². The second kappa shape index (κ2) is 4.64. The molecule has 1 aromatic carbocycles. The van der Waals surface area contributed by atoms with Gasteiger partial charge in [0.05, 0.1) is 5.69 Å². The molecule has 0 amide bonds. The molecule has 0 fully saturated rings. The Kier molecular flexibility index (Phi) is 3.19. The molecule has 0 saturated carbocycles. The van der Waals surface area contributed by atoms with E-state index in [2.05, 4.69) is 5.10 Å². The number of carbonyl (C=O) groups is 1. The molecule has 0 aliphatic rings. The monoisotopic (exact) mass is 244 g/mol. The number of hydrogen-bond donors (Lipinski definition) is 1. The third-order valence-corrected chi connectivity index (χ3v) is 3.10. The highest BCUT2D eigenvalue weighted by Gasteiger charge is 2.14. The Balaban J connectivity index is 2.50. The van der Waals surface area contributed by atoms with Gasteiger partial charge in [-0.05, 0) is 44.0 Å². The summed E-state index contributed by atoms with van der Waals surface area (Å²) in [6.45, 7) is 6.51. The van der Waals surface area contributed by atoms with Gasteiger partial charge in [-0.2, -0.15) is 5.10 Å². The van der Waals surface area contributed by atoms with Crippen LogP contribution in [0.1, 0.15) is 28.5 Å². The molecule has 2 aromatic rings. The molecule has 0 atom stereocenters. The van der Waals surface area contributed by atoms with Crippen LogP contribution in [-0.4, -0.2) is 20.9 Å². The lowest BCUT2D eigenvalue weighted by atomic mass is 10.0. The summed E-state index contributed by atoms with van der Waals surface area (Å²) in [4.78, 5) is 11.1. The van der Waals surface area contributed by atoms with Crippen LogP contribution in [0.4, 0.5) is 0 Å². The zero-order chi connectivity index (χ0) is 13.3.